The largest absolute Gasteiger partial charge is 0.347 e. The molecule has 0 N–H and O–H groups in total. The fourth-order valence-electron chi connectivity index (χ4n) is 2.17. The van der Waals surface area contributed by atoms with Crippen LogP contribution in [0.1, 0.15) is 25.0 Å². The zero-order valence-electron chi connectivity index (χ0n) is 10.3. The minimum atomic E-state index is 0.585. The highest BCUT2D eigenvalue weighted by molar-refractivity contribution is 5.28. The van der Waals surface area contributed by atoms with Crippen LogP contribution in [0.2, 0.25) is 0 Å². The van der Waals surface area contributed by atoms with E-state index in [-0.39, 0.29) is 0 Å². The van der Waals surface area contributed by atoms with Crippen LogP contribution >= 0.6 is 0 Å². The van der Waals surface area contributed by atoms with Crippen LogP contribution in [0.5, 0.6) is 0 Å². The Kier molecular flexibility index (Phi) is 3.39. The third-order valence-corrected chi connectivity index (χ3v) is 3.20. The first-order valence-electron chi connectivity index (χ1n) is 5.93. The highest BCUT2D eigenvalue weighted by Crippen LogP contribution is 2.25. The summed E-state index contributed by atoms with van der Waals surface area (Å²) in [7, 11) is 3.96. The second-order valence-electron chi connectivity index (χ2n) is 4.55. The van der Waals surface area contributed by atoms with Crippen molar-refractivity contribution >= 4 is 5.95 Å². The molecule has 1 aromatic rings. The number of hydrogen-bond donors (Lipinski definition) is 0. The van der Waals surface area contributed by atoms with E-state index in [0.717, 1.165) is 19.0 Å². The van der Waals surface area contributed by atoms with Crippen LogP contribution in [0.15, 0.2) is 12.3 Å². The molecule has 1 aliphatic heterocycles. The lowest BCUT2D eigenvalue weighted by molar-refractivity contribution is 0.353. The lowest BCUT2D eigenvalue weighted by Crippen LogP contribution is -2.20. The van der Waals surface area contributed by atoms with Crippen LogP contribution in [0.4, 0.5) is 5.95 Å². The van der Waals surface area contributed by atoms with E-state index in [1.807, 2.05) is 25.2 Å². The van der Waals surface area contributed by atoms with Gasteiger partial charge in [-0.25, -0.2) is 9.97 Å². The molecule has 2 heterocycles. The average Bonchev–Trinajstić information content (AvgIpc) is 2.77. The molecule has 0 amide bonds. The Hall–Kier alpha value is -1.16. The molecule has 0 radical (unpaired) electrons. The molecule has 4 nitrogen and oxygen atoms in total. The summed E-state index contributed by atoms with van der Waals surface area (Å²) >= 11 is 0. The van der Waals surface area contributed by atoms with Crippen molar-refractivity contribution < 1.29 is 0 Å². The Bertz CT molecular complexity index is 351. The Morgan fingerprint density at radius 1 is 1.50 bits per heavy atom. The second kappa shape index (κ2) is 4.78. The van der Waals surface area contributed by atoms with Crippen LogP contribution < -0.4 is 4.90 Å². The third kappa shape index (κ3) is 2.32. The summed E-state index contributed by atoms with van der Waals surface area (Å²) in [4.78, 5) is 13.3. The lowest BCUT2D eigenvalue weighted by atomic mass is 10.1. The fourth-order valence-corrected chi connectivity index (χ4v) is 2.17. The summed E-state index contributed by atoms with van der Waals surface area (Å²) in [6, 6.07) is 2.05. The standard InChI is InChI=1S/C12H20N4/c1-4-16-8-6-10(9-16)11-5-7-13-12(14-11)15(2)3/h5,7,10H,4,6,8-9H2,1-3H3. The first kappa shape index (κ1) is 11.3. The van der Waals surface area contributed by atoms with E-state index in [9.17, 15) is 0 Å². The van der Waals surface area contributed by atoms with Crippen LogP contribution in [0.3, 0.4) is 0 Å². The van der Waals surface area contributed by atoms with Gasteiger partial charge in [-0.05, 0) is 25.6 Å². The molecule has 88 valence electrons. The minimum absolute atomic E-state index is 0.585. The Balaban J connectivity index is 2.12. The topological polar surface area (TPSA) is 32.3 Å². The van der Waals surface area contributed by atoms with Crippen molar-refractivity contribution in [2.75, 3.05) is 38.6 Å². The molecule has 0 saturated carbocycles. The summed E-state index contributed by atoms with van der Waals surface area (Å²) in [5.41, 5.74) is 1.19. The monoisotopic (exact) mass is 220 g/mol. The summed E-state index contributed by atoms with van der Waals surface area (Å²) in [5, 5.41) is 0. The van der Waals surface area contributed by atoms with Gasteiger partial charge < -0.3 is 9.80 Å². The van der Waals surface area contributed by atoms with Gasteiger partial charge in [0.25, 0.3) is 0 Å². The highest BCUT2D eigenvalue weighted by atomic mass is 15.2. The van der Waals surface area contributed by atoms with Gasteiger partial charge >= 0.3 is 0 Å². The Labute approximate surface area is 97.3 Å². The van der Waals surface area contributed by atoms with Crippen LogP contribution in [-0.4, -0.2) is 48.6 Å². The van der Waals surface area contributed by atoms with Crippen molar-refractivity contribution in [1.29, 1.82) is 0 Å². The van der Waals surface area contributed by atoms with E-state index in [1.54, 1.807) is 0 Å². The third-order valence-electron chi connectivity index (χ3n) is 3.20. The van der Waals surface area contributed by atoms with Gasteiger partial charge in [-0.3, -0.25) is 0 Å². The SMILES string of the molecule is CCN1CCC(c2ccnc(N(C)C)n2)C1. The smallest absolute Gasteiger partial charge is 0.224 e. The van der Waals surface area contributed by atoms with Crippen LogP contribution in [0.25, 0.3) is 0 Å². The van der Waals surface area contributed by atoms with Crippen molar-refractivity contribution in [1.82, 2.24) is 14.9 Å². The summed E-state index contributed by atoms with van der Waals surface area (Å²) in [6.07, 6.45) is 3.09. The molecule has 1 atom stereocenters. The van der Waals surface area contributed by atoms with E-state index in [4.69, 9.17) is 0 Å². The van der Waals surface area contributed by atoms with Gasteiger partial charge in [-0.2, -0.15) is 0 Å². The zero-order valence-corrected chi connectivity index (χ0v) is 10.3. The number of aromatic nitrogens is 2. The molecule has 4 heteroatoms. The Morgan fingerprint density at radius 2 is 2.31 bits per heavy atom. The molecule has 16 heavy (non-hydrogen) atoms. The van der Waals surface area contributed by atoms with Gasteiger partial charge in [-0.1, -0.05) is 6.92 Å². The molecule has 0 aliphatic carbocycles. The van der Waals surface area contributed by atoms with Crippen molar-refractivity contribution in [2.24, 2.45) is 0 Å². The van der Waals surface area contributed by atoms with Crippen LogP contribution in [-0.2, 0) is 0 Å². The number of likely N-dealkylation sites (tertiary alicyclic amines) is 1. The van der Waals surface area contributed by atoms with Gasteiger partial charge in [0.2, 0.25) is 5.95 Å². The minimum Gasteiger partial charge on any atom is -0.347 e. The maximum atomic E-state index is 4.61. The molecule has 1 fully saturated rings. The Morgan fingerprint density at radius 3 is 2.94 bits per heavy atom. The maximum absolute atomic E-state index is 4.61. The highest BCUT2D eigenvalue weighted by Gasteiger charge is 2.23. The first-order valence-corrected chi connectivity index (χ1v) is 5.93. The van der Waals surface area contributed by atoms with Gasteiger partial charge in [0, 0.05) is 32.8 Å². The molecule has 0 spiro atoms. The van der Waals surface area contributed by atoms with Crippen LogP contribution in [0, 0.1) is 0 Å². The summed E-state index contributed by atoms with van der Waals surface area (Å²) < 4.78 is 0. The normalized spacial score (nSPS) is 21.3. The van der Waals surface area contributed by atoms with Crippen molar-refractivity contribution in [3.05, 3.63) is 18.0 Å². The van der Waals surface area contributed by atoms with Crippen molar-refractivity contribution in [3.8, 4) is 0 Å². The fraction of sp³-hybridized carbons (Fsp3) is 0.667. The van der Waals surface area contributed by atoms with Gasteiger partial charge in [0.15, 0.2) is 0 Å². The predicted molar refractivity (Wildman–Crippen MR) is 65.8 cm³/mol. The number of anilines is 1. The number of likely N-dealkylation sites (N-methyl/N-ethyl adjacent to an activating group) is 1. The molecule has 1 aliphatic rings. The maximum Gasteiger partial charge on any atom is 0.224 e. The van der Waals surface area contributed by atoms with Crippen molar-refractivity contribution in [3.63, 3.8) is 0 Å². The summed E-state index contributed by atoms with van der Waals surface area (Å²) in [5.74, 6) is 1.40. The zero-order chi connectivity index (χ0) is 11.5. The molecule has 0 aromatic carbocycles. The number of nitrogens with zero attached hydrogens (tertiary/aromatic N) is 4. The van der Waals surface area contributed by atoms with Crippen molar-refractivity contribution in [2.45, 2.75) is 19.3 Å². The van der Waals surface area contributed by atoms with E-state index in [2.05, 4.69) is 27.9 Å². The van der Waals surface area contributed by atoms with E-state index >= 15 is 0 Å². The predicted octanol–water partition coefficient (Wildman–Crippen LogP) is 1.35. The molecular weight excluding hydrogens is 200 g/mol. The quantitative estimate of drug-likeness (QED) is 0.769. The lowest BCUT2D eigenvalue weighted by Gasteiger charge is -2.15. The molecule has 0 bridgehead atoms. The van der Waals surface area contributed by atoms with Gasteiger partial charge in [0.1, 0.15) is 0 Å². The molecule has 1 aromatic heterocycles. The van der Waals surface area contributed by atoms with E-state index in [1.165, 1.54) is 18.7 Å². The molecule has 1 unspecified atom stereocenters. The first-order chi connectivity index (χ1) is 7.70. The van der Waals surface area contributed by atoms with Gasteiger partial charge in [0.05, 0.1) is 5.69 Å². The van der Waals surface area contributed by atoms with Gasteiger partial charge in [-0.15, -0.1) is 0 Å². The molecule has 2 rings (SSSR count). The van der Waals surface area contributed by atoms with E-state index in [0.29, 0.717) is 5.92 Å². The average molecular weight is 220 g/mol. The second-order valence-corrected chi connectivity index (χ2v) is 4.55. The molecular formula is C12H20N4. The van der Waals surface area contributed by atoms with E-state index < -0.39 is 0 Å². The summed E-state index contributed by atoms with van der Waals surface area (Å²) in [6.45, 7) is 5.69. The number of hydrogen-bond acceptors (Lipinski definition) is 4. The molecule has 1 saturated heterocycles. The number of rotatable bonds is 3.